The maximum absolute atomic E-state index is 4.03. The lowest BCUT2D eigenvalue weighted by atomic mass is 9.99. The van der Waals surface area contributed by atoms with E-state index < -0.39 is 0 Å². The van der Waals surface area contributed by atoms with E-state index >= 15 is 0 Å². The van der Waals surface area contributed by atoms with Crippen molar-refractivity contribution in [2.75, 3.05) is 0 Å². The monoisotopic (exact) mass is 188 g/mol. The largest absolute Gasteiger partial charge is 0.0952 e. The summed E-state index contributed by atoms with van der Waals surface area (Å²) < 4.78 is 0. The normalized spacial score (nSPS) is 10.6. The molecule has 0 N–H and O–H groups in total. The molecule has 0 bridgehead atoms. The van der Waals surface area contributed by atoms with E-state index in [2.05, 4.69) is 51.6 Å². The first kappa shape index (κ1) is 11.0. The van der Waals surface area contributed by atoms with Crippen LogP contribution in [0.4, 0.5) is 0 Å². The van der Waals surface area contributed by atoms with E-state index in [0.29, 0.717) is 0 Å². The van der Waals surface area contributed by atoms with Crippen molar-refractivity contribution in [3.05, 3.63) is 42.0 Å². The third-order valence-electron chi connectivity index (χ3n) is 2.43. The molecule has 76 valence electrons. The molecule has 1 rings (SSSR count). The van der Waals surface area contributed by atoms with Gasteiger partial charge in [0.25, 0.3) is 0 Å². The van der Waals surface area contributed by atoms with Gasteiger partial charge in [0.2, 0.25) is 0 Å². The van der Waals surface area contributed by atoms with Crippen LogP contribution in [-0.2, 0) is 6.42 Å². The van der Waals surface area contributed by atoms with Gasteiger partial charge in [-0.25, -0.2) is 0 Å². The second-order valence-corrected chi connectivity index (χ2v) is 4.25. The summed E-state index contributed by atoms with van der Waals surface area (Å²) in [6.07, 6.45) is 2.20. The minimum Gasteiger partial charge on any atom is -0.0952 e. The van der Waals surface area contributed by atoms with Crippen molar-refractivity contribution in [2.24, 2.45) is 5.92 Å². The maximum Gasteiger partial charge on any atom is -0.0230 e. The average molecular weight is 188 g/mol. The summed E-state index contributed by atoms with van der Waals surface area (Å²) in [6, 6.07) is 8.80. The summed E-state index contributed by atoms with van der Waals surface area (Å²) in [5.41, 5.74) is 3.92. The molecule has 0 saturated heterocycles. The Morgan fingerprint density at radius 3 is 2.21 bits per heavy atom. The second kappa shape index (κ2) is 4.99. The third-order valence-corrected chi connectivity index (χ3v) is 2.43. The van der Waals surface area contributed by atoms with Gasteiger partial charge in [-0.1, -0.05) is 51.6 Å². The first-order valence-electron chi connectivity index (χ1n) is 5.40. The van der Waals surface area contributed by atoms with Crippen molar-refractivity contribution in [3.8, 4) is 0 Å². The summed E-state index contributed by atoms with van der Waals surface area (Å²) in [6.45, 7) is 10.7. The van der Waals surface area contributed by atoms with Crippen molar-refractivity contribution in [2.45, 2.75) is 33.6 Å². The van der Waals surface area contributed by atoms with E-state index in [1.807, 2.05) is 0 Å². The van der Waals surface area contributed by atoms with Crippen molar-refractivity contribution in [1.29, 1.82) is 0 Å². The molecule has 0 heteroatoms. The molecule has 0 fully saturated rings. The van der Waals surface area contributed by atoms with E-state index in [1.54, 1.807) is 0 Å². The van der Waals surface area contributed by atoms with Gasteiger partial charge in [-0.15, -0.1) is 0 Å². The Hall–Kier alpha value is -1.04. The molecular weight excluding hydrogens is 168 g/mol. The molecule has 14 heavy (non-hydrogen) atoms. The minimum atomic E-state index is 0.732. The van der Waals surface area contributed by atoms with Crippen LogP contribution in [0.2, 0.25) is 0 Å². The molecule has 0 saturated carbocycles. The fraction of sp³-hybridized carbons (Fsp3) is 0.429. The first-order valence-corrected chi connectivity index (χ1v) is 5.40. The summed E-state index contributed by atoms with van der Waals surface area (Å²) in [5, 5.41) is 0. The molecule has 0 aliphatic carbocycles. The minimum absolute atomic E-state index is 0.732. The number of allylic oxidation sites excluding steroid dienone is 1. The SMILES string of the molecule is C=C(CC)c1ccc(CC(C)C)cc1. The van der Waals surface area contributed by atoms with Gasteiger partial charge in [-0.05, 0) is 35.5 Å². The molecule has 0 radical (unpaired) electrons. The van der Waals surface area contributed by atoms with Crippen LogP contribution in [0.25, 0.3) is 5.57 Å². The zero-order chi connectivity index (χ0) is 10.6. The molecule has 0 atom stereocenters. The van der Waals surface area contributed by atoms with Gasteiger partial charge in [-0.2, -0.15) is 0 Å². The van der Waals surface area contributed by atoms with E-state index in [-0.39, 0.29) is 0 Å². The molecule has 1 aromatic carbocycles. The van der Waals surface area contributed by atoms with Crippen molar-refractivity contribution < 1.29 is 0 Å². The summed E-state index contributed by atoms with van der Waals surface area (Å²) in [5.74, 6) is 0.732. The van der Waals surface area contributed by atoms with Crippen LogP contribution >= 0.6 is 0 Å². The molecule has 0 aromatic heterocycles. The molecule has 0 unspecified atom stereocenters. The molecule has 1 aromatic rings. The van der Waals surface area contributed by atoms with E-state index in [4.69, 9.17) is 0 Å². The van der Waals surface area contributed by atoms with E-state index in [9.17, 15) is 0 Å². The molecule has 0 amide bonds. The fourth-order valence-corrected chi connectivity index (χ4v) is 1.55. The Balaban J connectivity index is 2.73. The Labute approximate surface area is 87.7 Å². The Kier molecular flexibility index (Phi) is 3.94. The predicted molar refractivity (Wildman–Crippen MR) is 64.3 cm³/mol. The van der Waals surface area contributed by atoms with Gasteiger partial charge in [-0.3, -0.25) is 0 Å². The van der Waals surface area contributed by atoms with E-state index in [1.165, 1.54) is 23.1 Å². The lowest BCUT2D eigenvalue weighted by Crippen LogP contribution is -1.93. The quantitative estimate of drug-likeness (QED) is 0.660. The van der Waals surface area contributed by atoms with Gasteiger partial charge in [0.1, 0.15) is 0 Å². The molecule has 0 spiro atoms. The van der Waals surface area contributed by atoms with Gasteiger partial charge >= 0.3 is 0 Å². The second-order valence-electron chi connectivity index (χ2n) is 4.25. The third kappa shape index (κ3) is 3.02. The number of hydrogen-bond acceptors (Lipinski definition) is 0. The lowest BCUT2D eigenvalue weighted by Gasteiger charge is -2.07. The molecule has 0 nitrogen and oxygen atoms in total. The van der Waals surface area contributed by atoms with Crippen LogP contribution < -0.4 is 0 Å². The van der Waals surface area contributed by atoms with Crippen molar-refractivity contribution in [3.63, 3.8) is 0 Å². The smallest absolute Gasteiger partial charge is 0.0230 e. The number of rotatable bonds is 4. The summed E-state index contributed by atoms with van der Waals surface area (Å²) in [4.78, 5) is 0. The van der Waals surface area contributed by atoms with Crippen LogP contribution in [0.5, 0.6) is 0 Å². The first-order chi connectivity index (χ1) is 6.63. The number of hydrogen-bond donors (Lipinski definition) is 0. The van der Waals surface area contributed by atoms with Crippen LogP contribution in [0.15, 0.2) is 30.8 Å². The van der Waals surface area contributed by atoms with Crippen LogP contribution in [0, 0.1) is 5.92 Å². The maximum atomic E-state index is 4.03. The van der Waals surface area contributed by atoms with Gasteiger partial charge in [0, 0.05) is 0 Å². The van der Waals surface area contributed by atoms with Gasteiger partial charge in [0.15, 0.2) is 0 Å². The van der Waals surface area contributed by atoms with Gasteiger partial charge in [0.05, 0.1) is 0 Å². The predicted octanol–water partition coefficient (Wildman–Crippen LogP) is 4.31. The molecule has 0 heterocycles. The van der Waals surface area contributed by atoms with Crippen LogP contribution in [0.1, 0.15) is 38.3 Å². The Morgan fingerprint density at radius 2 is 1.79 bits per heavy atom. The summed E-state index contributed by atoms with van der Waals surface area (Å²) in [7, 11) is 0. The Morgan fingerprint density at radius 1 is 1.21 bits per heavy atom. The molecule has 0 aliphatic heterocycles. The topological polar surface area (TPSA) is 0 Å². The van der Waals surface area contributed by atoms with Crippen molar-refractivity contribution in [1.82, 2.24) is 0 Å². The van der Waals surface area contributed by atoms with Crippen LogP contribution in [0.3, 0.4) is 0 Å². The molecule has 0 aliphatic rings. The fourth-order valence-electron chi connectivity index (χ4n) is 1.55. The van der Waals surface area contributed by atoms with Gasteiger partial charge < -0.3 is 0 Å². The Bertz CT molecular complexity index is 290. The van der Waals surface area contributed by atoms with E-state index in [0.717, 1.165) is 12.3 Å². The zero-order valence-corrected chi connectivity index (χ0v) is 9.51. The van der Waals surface area contributed by atoms with Crippen LogP contribution in [-0.4, -0.2) is 0 Å². The molecular formula is C14H20. The lowest BCUT2D eigenvalue weighted by molar-refractivity contribution is 0.647. The highest BCUT2D eigenvalue weighted by atomic mass is 14.0. The highest BCUT2D eigenvalue weighted by Gasteiger charge is 1.99. The summed E-state index contributed by atoms with van der Waals surface area (Å²) >= 11 is 0. The standard InChI is InChI=1S/C14H20/c1-5-12(4)14-8-6-13(7-9-14)10-11(2)3/h6-9,11H,4-5,10H2,1-3H3. The van der Waals surface area contributed by atoms with Crippen molar-refractivity contribution >= 4 is 5.57 Å². The highest BCUT2D eigenvalue weighted by Crippen LogP contribution is 2.17. The number of benzene rings is 1. The zero-order valence-electron chi connectivity index (χ0n) is 9.51. The highest BCUT2D eigenvalue weighted by molar-refractivity contribution is 5.63. The average Bonchev–Trinajstić information content (AvgIpc) is 2.17.